The average Bonchev–Trinajstić information content (AvgIpc) is 2.67. The van der Waals surface area contributed by atoms with Crippen LogP contribution in [-0.2, 0) is 22.6 Å². The number of carbonyl (C=O) groups excluding carboxylic acids is 1. The van der Waals surface area contributed by atoms with Crippen molar-refractivity contribution in [2.24, 2.45) is 0 Å². The van der Waals surface area contributed by atoms with Gasteiger partial charge in [0.2, 0.25) is 0 Å². The fraction of sp³-hybridized carbons (Fsp3) is 0.667. The zero-order valence-electron chi connectivity index (χ0n) is 11.8. The van der Waals surface area contributed by atoms with Crippen LogP contribution in [0.15, 0.2) is 10.5 Å². The second-order valence-electron chi connectivity index (χ2n) is 4.75. The largest absolute Gasteiger partial charge is 0.462 e. The summed E-state index contributed by atoms with van der Waals surface area (Å²) in [6.07, 6.45) is 7.31. The molecule has 102 valence electrons. The minimum Gasteiger partial charge on any atom is -0.462 e. The molecule has 0 saturated carbocycles. The van der Waals surface area contributed by atoms with Crippen LogP contribution in [-0.4, -0.2) is 5.97 Å². The van der Waals surface area contributed by atoms with Crippen LogP contribution in [0.3, 0.4) is 0 Å². The topological polar surface area (TPSA) is 39.4 Å². The van der Waals surface area contributed by atoms with Crippen molar-refractivity contribution in [2.75, 3.05) is 0 Å². The Bertz CT molecular complexity index is 366. The van der Waals surface area contributed by atoms with Crippen molar-refractivity contribution in [2.45, 2.75) is 65.9 Å². The highest BCUT2D eigenvalue weighted by Crippen LogP contribution is 2.19. The van der Waals surface area contributed by atoms with Crippen LogP contribution in [0, 0.1) is 6.92 Å². The van der Waals surface area contributed by atoms with E-state index >= 15 is 0 Å². The molecule has 0 aliphatic rings. The Kier molecular flexibility index (Phi) is 6.55. The molecule has 0 aliphatic heterocycles. The van der Waals surface area contributed by atoms with Gasteiger partial charge < -0.3 is 9.15 Å². The van der Waals surface area contributed by atoms with Crippen molar-refractivity contribution in [1.29, 1.82) is 0 Å². The van der Waals surface area contributed by atoms with Crippen LogP contribution < -0.4 is 0 Å². The third kappa shape index (κ3) is 5.39. The second kappa shape index (κ2) is 7.96. The van der Waals surface area contributed by atoms with Gasteiger partial charge in [-0.15, -0.1) is 0 Å². The van der Waals surface area contributed by atoms with E-state index in [4.69, 9.17) is 9.15 Å². The fourth-order valence-electron chi connectivity index (χ4n) is 2.04. The maximum absolute atomic E-state index is 10.8. The Morgan fingerprint density at radius 1 is 1.28 bits per heavy atom. The first kappa shape index (κ1) is 14.8. The first-order valence-corrected chi connectivity index (χ1v) is 6.85. The summed E-state index contributed by atoms with van der Waals surface area (Å²) in [5.74, 6) is 1.43. The van der Waals surface area contributed by atoms with Crippen molar-refractivity contribution < 1.29 is 13.9 Å². The molecule has 0 saturated heterocycles. The summed E-state index contributed by atoms with van der Waals surface area (Å²) >= 11 is 0. The van der Waals surface area contributed by atoms with Crippen LogP contribution in [0.1, 0.15) is 63.0 Å². The van der Waals surface area contributed by atoms with Gasteiger partial charge >= 0.3 is 5.97 Å². The van der Waals surface area contributed by atoms with E-state index in [0.717, 1.165) is 17.9 Å². The molecule has 0 atom stereocenters. The number of ether oxygens (including phenoxy) is 1. The smallest absolute Gasteiger partial charge is 0.303 e. The van der Waals surface area contributed by atoms with Gasteiger partial charge in [-0.05, 0) is 31.4 Å². The molecule has 0 spiro atoms. The lowest BCUT2D eigenvalue weighted by Crippen LogP contribution is -2.00. The molecule has 1 rings (SSSR count). The van der Waals surface area contributed by atoms with E-state index in [0.29, 0.717) is 0 Å². The van der Waals surface area contributed by atoms with Crippen LogP contribution >= 0.6 is 0 Å². The van der Waals surface area contributed by atoms with Gasteiger partial charge in [-0.2, -0.15) is 0 Å². The SMILES string of the molecule is CCCCCCCc1cc(C)oc1COC(C)=O. The Hall–Kier alpha value is -1.25. The van der Waals surface area contributed by atoms with Crippen molar-refractivity contribution in [1.82, 2.24) is 0 Å². The number of hydrogen-bond acceptors (Lipinski definition) is 3. The van der Waals surface area contributed by atoms with Gasteiger partial charge in [0.1, 0.15) is 18.1 Å². The lowest BCUT2D eigenvalue weighted by molar-refractivity contribution is -0.142. The molecule has 1 heterocycles. The molecule has 3 nitrogen and oxygen atoms in total. The van der Waals surface area contributed by atoms with Crippen LogP contribution in [0.4, 0.5) is 0 Å². The van der Waals surface area contributed by atoms with E-state index in [2.05, 4.69) is 13.0 Å². The molecular weight excluding hydrogens is 228 g/mol. The van der Waals surface area contributed by atoms with Crippen molar-refractivity contribution in [3.8, 4) is 0 Å². The lowest BCUT2D eigenvalue weighted by Gasteiger charge is -2.03. The minimum atomic E-state index is -0.266. The van der Waals surface area contributed by atoms with Gasteiger partial charge in [-0.25, -0.2) is 0 Å². The quantitative estimate of drug-likeness (QED) is 0.515. The number of rotatable bonds is 8. The summed E-state index contributed by atoms with van der Waals surface area (Å²) in [5, 5.41) is 0. The number of unbranched alkanes of at least 4 members (excludes halogenated alkanes) is 4. The predicted molar refractivity (Wildman–Crippen MR) is 71.4 cm³/mol. The summed E-state index contributed by atoms with van der Waals surface area (Å²) in [6, 6.07) is 2.05. The molecule has 0 amide bonds. The molecule has 0 unspecified atom stereocenters. The highest BCUT2D eigenvalue weighted by Gasteiger charge is 2.10. The fourth-order valence-corrected chi connectivity index (χ4v) is 2.04. The van der Waals surface area contributed by atoms with Crippen molar-refractivity contribution in [3.05, 3.63) is 23.2 Å². The molecule has 0 radical (unpaired) electrons. The van der Waals surface area contributed by atoms with Gasteiger partial charge in [0.15, 0.2) is 0 Å². The van der Waals surface area contributed by atoms with E-state index in [-0.39, 0.29) is 12.6 Å². The van der Waals surface area contributed by atoms with Crippen molar-refractivity contribution >= 4 is 5.97 Å². The number of hydrogen-bond donors (Lipinski definition) is 0. The normalized spacial score (nSPS) is 10.6. The van der Waals surface area contributed by atoms with E-state index in [9.17, 15) is 4.79 Å². The third-order valence-electron chi connectivity index (χ3n) is 2.98. The second-order valence-corrected chi connectivity index (χ2v) is 4.75. The molecular formula is C15H24O3. The first-order valence-electron chi connectivity index (χ1n) is 6.85. The number of aryl methyl sites for hydroxylation is 2. The summed E-state index contributed by atoms with van der Waals surface area (Å²) in [7, 11) is 0. The molecule has 18 heavy (non-hydrogen) atoms. The number of carbonyl (C=O) groups is 1. The zero-order valence-corrected chi connectivity index (χ0v) is 11.8. The standard InChI is InChI=1S/C15H24O3/c1-4-5-6-7-8-9-14-10-12(2)18-15(14)11-17-13(3)16/h10H,4-9,11H2,1-3H3. The third-order valence-corrected chi connectivity index (χ3v) is 2.98. The summed E-state index contributed by atoms with van der Waals surface area (Å²) in [4.78, 5) is 10.8. The Labute approximate surface area is 110 Å². The lowest BCUT2D eigenvalue weighted by atomic mass is 10.1. The molecule has 1 aromatic rings. The zero-order chi connectivity index (χ0) is 13.4. The van der Waals surface area contributed by atoms with Gasteiger partial charge in [-0.1, -0.05) is 32.6 Å². The molecule has 0 aromatic carbocycles. The maximum Gasteiger partial charge on any atom is 0.303 e. The highest BCUT2D eigenvalue weighted by molar-refractivity contribution is 5.65. The van der Waals surface area contributed by atoms with Crippen molar-refractivity contribution in [3.63, 3.8) is 0 Å². The highest BCUT2D eigenvalue weighted by atomic mass is 16.5. The summed E-state index contributed by atoms with van der Waals surface area (Å²) in [6.45, 7) is 5.82. The first-order chi connectivity index (χ1) is 8.63. The van der Waals surface area contributed by atoms with Crippen LogP contribution in [0.5, 0.6) is 0 Å². The number of furan rings is 1. The van der Waals surface area contributed by atoms with E-state index < -0.39 is 0 Å². The molecule has 0 N–H and O–H groups in total. The Morgan fingerprint density at radius 3 is 2.67 bits per heavy atom. The van der Waals surface area contributed by atoms with E-state index in [1.165, 1.54) is 44.6 Å². The Balaban J connectivity index is 2.40. The Morgan fingerprint density at radius 2 is 2.00 bits per heavy atom. The molecule has 1 aromatic heterocycles. The van der Waals surface area contributed by atoms with E-state index in [1.54, 1.807) is 0 Å². The molecule has 0 aliphatic carbocycles. The number of esters is 1. The van der Waals surface area contributed by atoms with E-state index in [1.807, 2.05) is 6.92 Å². The molecule has 0 bridgehead atoms. The van der Waals surface area contributed by atoms with Gasteiger partial charge in [-0.3, -0.25) is 4.79 Å². The average molecular weight is 252 g/mol. The monoisotopic (exact) mass is 252 g/mol. The van der Waals surface area contributed by atoms with Gasteiger partial charge in [0, 0.05) is 6.92 Å². The van der Waals surface area contributed by atoms with Gasteiger partial charge in [0.25, 0.3) is 0 Å². The molecule has 3 heteroatoms. The van der Waals surface area contributed by atoms with Crippen LogP contribution in [0.2, 0.25) is 0 Å². The predicted octanol–water partition coefficient (Wildman–Crippen LogP) is 4.16. The minimum absolute atomic E-state index is 0.257. The molecule has 0 fully saturated rings. The summed E-state index contributed by atoms with van der Waals surface area (Å²) in [5.41, 5.74) is 1.19. The summed E-state index contributed by atoms with van der Waals surface area (Å²) < 4.78 is 10.6. The van der Waals surface area contributed by atoms with Gasteiger partial charge in [0.05, 0.1) is 0 Å². The maximum atomic E-state index is 10.8. The van der Waals surface area contributed by atoms with Crippen LogP contribution in [0.25, 0.3) is 0 Å².